The predicted molar refractivity (Wildman–Crippen MR) is 89.5 cm³/mol. The first-order valence-electron chi connectivity index (χ1n) is 8.26. The molecule has 0 unspecified atom stereocenters. The highest BCUT2D eigenvalue weighted by atomic mass is 16.2. The van der Waals surface area contributed by atoms with E-state index in [2.05, 4.69) is 15.6 Å². The molecule has 0 radical (unpaired) electrons. The number of pyridine rings is 1. The molecule has 2 amide bonds. The molecular formula is C17H26N4O2. The monoisotopic (exact) mass is 318 g/mol. The van der Waals surface area contributed by atoms with E-state index in [1.807, 2.05) is 19.0 Å². The number of amides is 2. The molecule has 2 N–H and O–H groups in total. The lowest BCUT2D eigenvalue weighted by Crippen LogP contribution is -2.36. The van der Waals surface area contributed by atoms with E-state index in [-0.39, 0.29) is 17.9 Å². The Morgan fingerprint density at radius 1 is 1.22 bits per heavy atom. The van der Waals surface area contributed by atoms with Crippen LogP contribution in [0, 0.1) is 0 Å². The van der Waals surface area contributed by atoms with Gasteiger partial charge in [0, 0.05) is 30.9 Å². The Bertz CT molecular complexity index is 539. The summed E-state index contributed by atoms with van der Waals surface area (Å²) in [5.41, 5.74) is 0.767. The van der Waals surface area contributed by atoms with Crippen molar-refractivity contribution in [3.63, 3.8) is 0 Å². The fourth-order valence-electron chi connectivity index (χ4n) is 2.70. The maximum Gasteiger partial charge on any atom is 0.270 e. The summed E-state index contributed by atoms with van der Waals surface area (Å²) in [6.07, 6.45) is 7.12. The first kappa shape index (κ1) is 17.4. The van der Waals surface area contributed by atoms with Crippen LogP contribution >= 0.6 is 0 Å². The summed E-state index contributed by atoms with van der Waals surface area (Å²) in [7, 11) is 3.90. The third kappa shape index (κ3) is 5.63. The van der Waals surface area contributed by atoms with Crippen LogP contribution in [0.3, 0.4) is 0 Å². The number of nitrogens with one attached hydrogen (secondary N) is 2. The van der Waals surface area contributed by atoms with Gasteiger partial charge in [-0.05, 0) is 39.1 Å². The molecule has 0 bridgehead atoms. The van der Waals surface area contributed by atoms with Crippen LogP contribution in [0.1, 0.15) is 53.0 Å². The minimum absolute atomic E-state index is 0.180. The van der Waals surface area contributed by atoms with Crippen LogP contribution in [-0.4, -0.2) is 54.9 Å². The van der Waals surface area contributed by atoms with Crippen molar-refractivity contribution in [2.45, 2.75) is 38.1 Å². The van der Waals surface area contributed by atoms with Gasteiger partial charge >= 0.3 is 0 Å². The number of hydrogen-bond donors (Lipinski definition) is 2. The zero-order valence-electron chi connectivity index (χ0n) is 14.0. The van der Waals surface area contributed by atoms with Crippen molar-refractivity contribution in [2.24, 2.45) is 0 Å². The minimum atomic E-state index is -0.195. The number of rotatable bonds is 6. The summed E-state index contributed by atoms with van der Waals surface area (Å²) < 4.78 is 0. The first-order chi connectivity index (χ1) is 11.1. The van der Waals surface area contributed by atoms with Crippen molar-refractivity contribution in [3.05, 3.63) is 29.6 Å². The van der Waals surface area contributed by atoms with Crippen LogP contribution < -0.4 is 10.6 Å². The van der Waals surface area contributed by atoms with Crippen molar-refractivity contribution in [1.82, 2.24) is 20.5 Å². The van der Waals surface area contributed by atoms with Crippen LogP contribution in [-0.2, 0) is 0 Å². The molecule has 1 aliphatic carbocycles. The van der Waals surface area contributed by atoms with Crippen molar-refractivity contribution >= 4 is 11.8 Å². The van der Waals surface area contributed by atoms with Gasteiger partial charge in [-0.2, -0.15) is 0 Å². The summed E-state index contributed by atoms with van der Waals surface area (Å²) in [5.74, 6) is -0.374. The molecule has 1 aromatic rings. The Balaban J connectivity index is 1.92. The molecule has 1 saturated carbocycles. The van der Waals surface area contributed by atoms with Crippen molar-refractivity contribution in [1.29, 1.82) is 0 Å². The average Bonchev–Trinajstić information content (AvgIpc) is 2.55. The van der Waals surface area contributed by atoms with E-state index in [4.69, 9.17) is 0 Å². The molecule has 1 heterocycles. The van der Waals surface area contributed by atoms with Crippen LogP contribution in [0.2, 0.25) is 0 Å². The Morgan fingerprint density at radius 2 is 1.96 bits per heavy atom. The van der Waals surface area contributed by atoms with Crippen molar-refractivity contribution < 1.29 is 9.59 Å². The molecule has 0 atom stereocenters. The van der Waals surface area contributed by atoms with Crippen LogP contribution in [0.5, 0.6) is 0 Å². The second-order valence-electron chi connectivity index (χ2n) is 6.30. The number of carbonyl (C=O) groups is 2. The number of nitrogens with zero attached hydrogens (tertiary/aromatic N) is 2. The van der Waals surface area contributed by atoms with Crippen LogP contribution in [0.4, 0.5) is 0 Å². The standard InChI is InChI=1S/C17H26N4O2/c1-21(2)11-10-19-16(22)13-8-9-18-15(12-13)17(23)20-14-6-4-3-5-7-14/h8-9,12,14H,3-7,10-11H2,1-2H3,(H,19,22)(H,20,23). The normalized spacial score (nSPS) is 15.4. The molecule has 6 heteroatoms. The molecule has 23 heavy (non-hydrogen) atoms. The third-order valence-electron chi connectivity index (χ3n) is 4.04. The number of likely N-dealkylation sites (N-methyl/N-ethyl adjacent to an activating group) is 1. The quantitative estimate of drug-likeness (QED) is 0.832. The van der Waals surface area contributed by atoms with Gasteiger partial charge in [-0.25, -0.2) is 0 Å². The summed E-state index contributed by atoms with van der Waals surface area (Å²) >= 11 is 0. The van der Waals surface area contributed by atoms with E-state index in [1.165, 1.54) is 12.6 Å². The topological polar surface area (TPSA) is 74.3 Å². The summed E-state index contributed by atoms with van der Waals surface area (Å²) in [5, 5.41) is 5.86. The fraction of sp³-hybridized carbons (Fsp3) is 0.588. The van der Waals surface area contributed by atoms with E-state index in [0.29, 0.717) is 17.8 Å². The highest BCUT2D eigenvalue weighted by Crippen LogP contribution is 2.17. The SMILES string of the molecule is CN(C)CCNC(=O)c1ccnc(C(=O)NC2CCCCC2)c1. The highest BCUT2D eigenvalue weighted by Gasteiger charge is 2.18. The number of aromatic nitrogens is 1. The van der Waals surface area contributed by atoms with E-state index in [0.717, 1.165) is 32.2 Å². The summed E-state index contributed by atoms with van der Waals surface area (Å²) in [6, 6.07) is 3.42. The van der Waals surface area contributed by atoms with Crippen molar-refractivity contribution in [2.75, 3.05) is 27.2 Å². The zero-order chi connectivity index (χ0) is 16.7. The molecule has 2 rings (SSSR count). The fourth-order valence-corrected chi connectivity index (χ4v) is 2.70. The van der Waals surface area contributed by atoms with Crippen LogP contribution in [0.25, 0.3) is 0 Å². The van der Waals surface area contributed by atoms with Gasteiger partial charge in [0.25, 0.3) is 11.8 Å². The predicted octanol–water partition coefficient (Wildman–Crippen LogP) is 1.44. The van der Waals surface area contributed by atoms with Crippen LogP contribution in [0.15, 0.2) is 18.3 Å². The number of hydrogen-bond acceptors (Lipinski definition) is 4. The van der Waals surface area contributed by atoms with Gasteiger partial charge in [0.2, 0.25) is 0 Å². The number of carbonyl (C=O) groups excluding carboxylic acids is 2. The van der Waals surface area contributed by atoms with Gasteiger partial charge in [0.1, 0.15) is 5.69 Å². The van der Waals surface area contributed by atoms with Gasteiger partial charge in [0.05, 0.1) is 0 Å². The van der Waals surface area contributed by atoms with Gasteiger partial charge in [-0.1, -0.05) is 19.3 Å². The molecule has 1 aliphatic rings. The Kier molecular flexibility index (Phi) is 6.52. The second kappa shape index (κ2) is 8.62. The van der Waals surface area contributed by atoms with Gasteiger partial charge in [-0.3, -0.25) is 14.6 Å². The molecule has 6 nitrogen and oxygen atoms in total. The molecular weight excluding hydrogens is 292 g/mol. The molecule has 1 aromatic heterocycles. The summed E-state index contributed by atoms with van der Waals surface area (Å²) in [6.45, 7) is 1.34. The van der Waals surface area contributed by atoms with E-state index < -0.39 is 0 Å². The minimum Gasteiger partial charge on any atom is -0.351 e. The van der Waals surface area contributed by atoms with Gasteiger partial charge in [-0.15, -0.1) is 0 Å². The maximum atomic E-state index is 12.3. The van der Waals surface area contributed by atoms with E-state index in [9.17, 15) is 9.59 Å². The molecule has 0 saturated heterocycles. The van der Waals surface area contributed by atoms with Crippen molar-refractivity contribution in [3.8, 4) is 0 Å². The Hall–Kier alpha value is -1.95. The average molecular weight is 318 g/mol. The van der Waals surface area contributed by atoms with Gasteiger partial charge in [0.15, 0.2) is 0 Å². The smallest absolute Gasteiger partial charge is 0.270 e. The van der Waals surface area contributed by atoms with E-state index >= 15 is 0 Å². The lowest BCUT2D eigenvalue weighted by atomic mass is 9.95. The molecule has 1 fully saturated rings. The third-order valence-corrected chi connectivity index (χ3v) is 4.04. The second-order valence-corrected chi connectivity index (χ2v) is 6.30. The molecule has 126 valence electrons. The molecule has 0 spiro atoms. The Morgan fingerprint density at radius 3 is 2.65 bits per heavy atom. The first-order valence-corrected chi connectivity index (χ1v) is 8.26. The summed E-state index contributed by atoms with van der Waals surface area (Å²) in [4.78, 5) is 30.5. The Labute approximate surface area is 137 Å². The molecule has 0 aliphatic heterocycles. The van der Waals surface area contributed by atoms with E-state index in [1.54, 1.807) is 12.1 Å². The highest BCUT2D eigenvalue weighted by molar-refractivity contribution is 5.98. The lowest BCUT2D eigenvalue weighted by Gasteiger charge is -2.22. The largest absolute Gasteiger partial charge is 0.351 e. The molecule has 0 aromatic carbocycles. The lowest BCUT2D eigenvalue weighted by molar-refractivity contribution is 0.0922. The maximum absolute atomic E-state index is 12.3. The zero-order valence-corrected chi connectivity index (χ0v) is 14.0. The van der Waals surface area contributed by atoms with Gasteiger partial charge < -0.3 is 15.5 Å².